The smallest absolute Gasteiger partial charge is 0.173 e. The molecule has 0 fully saturated rings. The third-order valence-corrected chi connectivity index (χ3v) is 4.82. The topological polar surface area (TPSA) is 59.2 Å². The summed E-state index contributed by atoms with van der Waals surface area (Å²) in [5.74, 6) is 1.07. The van der Waals surface area contributed by atoms with E-state index in [-0.39, 0.29) is 5.92 Å². The van der Waals surface area contributed by atoms with Crippen LogP contribution in [-0.4, -0.2) is 15.2 Å². The van der Waals surface area contributed by atoms with Gasteiger partial charge in [0.15, 0.2) is 5.76 Å². The van der Waals surface area contributed by atoms with E-state index < -0.39 is 6.10 Å². The number of rotatable bonds is 5. The summed E-state index contributed by atoms with van der Waals surface area (Å²) in [6, 6.07) is 11.0. The number of nitrogens with zero attached hydrogens (tertiary/aromatic N) is 2. The van der Waals surface area contributed by atoms with Crippen LogP contribution in [0.4, 0.5) is 0 Å². The van der Waals surface area contributed by atoms with E-state index in [2.05, 4.69) is 30.9 Å². The van der Waals surface area contributed by atoms with E-state index in [0.717, 1.165) is 11.3 Å². The van der Waals surface area contributed by atoms with Gasteiger partial charge in [-0.1, -0.05) is 43.6 Å². The van der Waals surface area contributed by atoms with Crippen molar-refractivity contribution in [1.29, 1.82) is 0 Å². The van der Waals surface area contributed by atoms with E-state index in [1.165, 1.54) is 0 Å². The van der Waals surface area contributed by atoms with Crippen LogP contribution in [0.15, 0.2) is 53.3 Å². The standard InChI is InChI=1S/C20H21ClN2O2/c1-12(2)13(3)18-17(19(24)15-5-4-10-22-11-15)20(25-23-18)14-6-8-16(21)9-7-14/h4-13,19,24H,1-3H3. The summed E-state index contributed by atoms with van der Waals surface area (Å²) >= 11 is 5.99. The number of halogens is 1. The molecule has 0 aliphatic carbocycles. The molecule has 0 bridgehead atoms. The van der Waals surface area contributed by atoms with Gasteiger partial charge in [-0.25, -0.2) is 0 Å². The molecule has 1 N–H and O–H groups in total. The fourth-order valence-electron chi connectivity index (χ4n) is 2.73. The van der Waals surface area contributed by atoms with Crippen molar-refractivity contribution in [3.63, 3.8) is 0 Å². The Morgan fingerprint density at radius 3 is 2.40 bits per heavy atom. The van der Waals surface area contributed by atoms with E-state index in [0.29, 0.717) is 27.8 Å². The highest BCUT2D eigenvalue weighted by Gasteiger charge is 2.29. The van der Waals surface area contributed by atoms with Gasteiger partial charge in [0.1, 0.15) is 6.10 Å². The summed E-state index contributed by atoms with van der Waals surface area (Å²) in [5.41, 5.74) is 3.00. The summed E-state index contributed by atoms with van der Waals surface area (Å²) in [6.45, 7) is 6.34. The van der Waals surface area contributed by atoms with Crippen molar-refractivity contribution < 1.29 is 9.63 Å². The van der Waals surface area contributed by atoms with Gasteiger partial charge in [-0.3, -0.25) is 4.98 Å². The predicted molar refractivity (Wildman–Crippen MR) is 98.5 cm³/mol. The summed E-state index contributed by atoms with van der Waals surface area (Å²) in [4.78, 5) is 4.11. The lowest BCUT2D eigenvalue weighted by molar-refractivity contribution is 0.218. The highest BCUT2D eigenvalue weighted by atomic mass is 35.5. The van der Waals surface area contributed by atoms with Gasteiger partial charge in [0.2, 0.25) is 0 Å². The Bertz CT molecular complexity index is 829. The van der Waals surface area contributed by atoms with Gasteiger partial charge in [-0.2, -0.15) is 0 Å². The van der Waals surface area contributed by atoms with Gasteiger partial charge >= 0.3 is 0 Å². The Morgan fingerprint density at radius 2 is 1.80 bits per heavy atom. The van der Waals surface area contributed by atoms with Gasteiger partial charge in [-0.05, 0) is 36.2 Å². The van der Waals surface area contributed by atoms with Crippen LogP contribution in [-0.2, 0) is 0 Å². The first kappa shape index (κ1) is 17.6. The second kappa shape index (κ2) is 7.38. The Labute approximate surface area is 152 Å². The maximum Gasteiger partial charge on any atom is 0.173 e. The Balaban J connectivity index is 2.14. The molecule has 0 spiro atoms. The molecule has 0 aliphatic heterocycles. The summed E-state index contributed by atoms with van der Waals surface area (Å²) in [6.07, 6.45) is 2.48. The zero-order valence-corrected chi connectivity index (χ0v) is 15.2. The van der Waals surface area contributed by atoms with Gasteiger partial charge in [0, 0.05) is 34.5 Å². The molecular weight excluding hydrogens is 336 g/mol. The average molecular weight is 357 g/mol. The van der Waals surface area contributed by atoms with Gasteiger partial charge in [-0.15, -0.1) is 0 Å². The van der Waals surface area contributed by atoms with E-state index >= 15 is 0 Å². The summed E-state index contributed by atoms with van der Waals surface area (Å²) < 4.78 is 5.66. The van der Waals surface area contributed by atoms with Crippen molar-refractivity contribution in [3.8, 4) is 11.3 Å². The molecule has 4 nitrogen and oxygen atoms in total. The molecule has 2 aromatic heterocycles. The molecule has 2 atom stereocenters. The first-order valence-electron chi connectivity index (χ1n) is 8.32. The van der Waals surface area contributed by atoms with Crippen LogP contribution in [0.5, 0.6) is 0 Å². The average Bonchev–Trinajstić information content (AvgIpc) is 3.06. The molecule has 0 radical (unpaired) electrons. The third kappa shape index (κ3) is 3.60. The third-order valence-electron chi connectivity index (χ3n) is 4.57. The number of hydrogen-bond acceptors (Lipinski definition) is 4. The van der Waals surface area contributed by atoms with E-state index in [9.17, 15) is 5.11 Å². The van der Waals surface area contributed by atoms with Crippen molar-refractivity contribution in [2.75, 3.05) is 0 Å². The number of aliphatic hydroxyl groups excluding tert-OH is 1. The first-order valence-corrected chi connectivity index (χ1v) is 8.70. The van der Waals surface area contributed by atoms with Gasteiger partial charge < -0.3 is 9.63 Å². The zero-order valence-electron chi connectivity index (χ0n) is 14.5. The lowest BCUT2D eigenvalue weighted by Crippen LogP contribution is -2.10. The molecule has 130 valence electrons. The number of benzene rings is 1. The van der Waals surface area contributed by atoms with Crippen LogP contribution in [0.2, 0.25) is 5.02 Å². The minimum atomic E-state index is -0.859. The van der Waals surface area contributed by atoms with Crippen LogP contribution >= 0.6 is 11.6 Å². The van der Waals surface area contributed by atoms with Crippen LogP contribution in [0, 0.1) is 5.92 Å². The molecule has 3 aromatic rings. The Kier molecular flexibility index (Phi) is 5.21. The van der Waals surface area contributed by atoms with Crippen molar-refractivity contribution in [2.24, 2.45) is 5.92 Å². The summed E-state index contributed by atoms with van der Waals surface area (Å²) in [5, 5.41) is 16.0. The molecule has 0 aliphatic rings. The molecule has 3 rings (SSSR count). The lowest BCUT2D eigenvalue weighted by atomic mass is 9.87. The zero-order chi connectivity index (χ0) is 18.0. The monoisotopic (exact) mass is 356 g/mol. The highest BCUT2D eigenvalue weighted by molar-refractivity contribution is 6.30. The molecule has 25 heavy (non-hydrogen) atoms. The molecule has 2 unspecified atom stereocenters. The molecule has 0 saturated heterocycles. The van der Waals surface area contributed by atoms with Crippen molar-refractivity contribution >= 4 is 11.6 Å². The molecule has 2 heterocycles. The molecule has 5 heteroatoms. The van der Waals surface area contributed by atoms with Crippen molar-refractivity contribution in [1.82, 2.24) is 10.1 Å². The van der Waals surface area contributed by atoms with E-state index in [1.54, 1.807) is 30.6 Å². The largest absolute Gasteiger partial charge is 0.383 e. The minimum Gasteiger partial charge on any atom is -0.383 e. The second-order valence-electron chi connectivity index (χ2n) is 6.54. The van der Waals surface area contributed by atoms with Crippen LogP contribution in [0.25, 0.3) is 11.3 Å². The quantitative estimate of drug-likeness (QED) is 0.679. The fourth-order valence-corrected chi connectivity index (χ4v) is 2.86. The normalized spacial score (nSPS) is 13.8. The number of aromatic nitrogens is 2. The Hall–Kier alpha value is -2.17. The van der Waals surface area contributed by atoms with Crippen LogP contribution < -0.4 is 0 Å². The molecule has 0 amide bonds. The highest BCUT2D eigenvalue weighted by Crippen LogP contribution is 2.39. The molecule has 1 aromatic carbocycles. The van der Waals surface area contributed by atoms with Crippen molar-refractivity contribution in [2.45, 2.75) is 32.8 Å². The van der Waals surface area contributed by atoms with Crippen LogP contribution in [0.3, 0.4) is 0 Å². The maximum absolute atomic E-state index is 11.0. The van der Waals surface area contributed by atoms with Crippen LogP contribution in [0.1, 0.15) is 49.6 Å². The second-order valence-corrected chi connectivity index (χ2v) is 6.98. The fraction of sp³-hybridized carbons (Fsp3) is 0.300. The van der Waals surface area contributed by atoms with Crippen molar-refractivity contribution in [3.05, 3.63) is 70.6 Å². The Morgan fingerprint density at radius 1 is 1.08 bits per heavy atom. The number of pyridine rings is 1. The summed E-state index contributed by atoms with van der Waals surface area (Å²) in [7, 11) is 0. The first-order chi connectivity index (χ1) is 12.0. The maximum atomic E-state index is 11.0. The number of aliphatic hydroxyl groups is 1. The van der Waals surface area contributed by atoms with E-state index in [1.807, 2.05) is 18.2 Å². The molecular formula is C20H21ClN2O2. The van der Waals surface area contributed by atoms with E-state index in [4.69, 9.17) is 16.1 Å². The lowest BCUT2D eigenvalue weighted by Gasteiger charge is -2.18. The minimum absolute atomic E-state index is 0.145. The number of hydrogen-bond donors (Lipinski definition) is 1. The SMILES string of the molecule is CC(C)C(C)c1noc(-c2ccc(Cl)cc2)c1C(O)c1cccnc1. The van der Waals surface area contributed by atoms with Gasteiger partial charge in [0.05, 0.1) is 11.3 Å². The predicted octanol–water partition coefficient (Wildman–Crippen LogP) is 5.23. The molecule has 0 saturated carbocycles. The van der Waals surface area contributed by atoms with Gasteiger partial charge in [0.25, 0.3) is 0 Å².